The van der Waals surface area contributed by atoms with Crippen LogP contribution < -0.4 is 5.32 Å². The van der Waals surface area contributed by atoms with E-state index in [0.29, 0.717) is 41.2 Å². The van der Waals surface area contributed by atoms with Crippen LogP contribution in [0.4, 0.5) is 13.6 Å². The summed E-state index contributed by atoms with van der Waals surface area (Å²) in [6.07, 6.45) is -0.815. The molecule has 0 bridgehead atoms. The molecule has 8 nitrogen and oxygen atoms in total. The number of halogens is 2. The van der Waals surface area contributed by atoms with Gasteiger partial charge in [0, 0.05) is 23.7 Å². The highest BCUT2D eigenvalue weighted by Crippen LogP contribution is 2.31. The second kappa shape index (κ2) is 11.7. The monoisotopic (exact) mass is 532 g/mol. The highest BCUT2D eigenvalue weighted by molar-refractivity contribution is 5.94. The Morgan fingerprint density at radius 3 is 2.36 bits per heavy atom. The fraction of sp³-hybridized carbons (Fsp3) is 0.241. The smallest absolute Gasteiger partial charge is 0.407 e. The molecule has 4 aromatic rings. The number of fused-ring (bicyclic) bond motifs is 1. The van der Waals surface area contributed by atoms with Crippen LogP contribution in [-0.2, 0) is 4.74 Å². The topological polar surface area (TPSA) is 108 Å². The lowest BCUT2D eigenvalue weighted by molar-refractivity contribution is 0.0694. The molecule has 0 spiro atoms. The summed E-state index contributed by atoms with van der Waals surface area (Å²) in [5.74, 6) is -1.16. The van der Waals surface area contributed by atoms with Crippen molar-refractivity contribution in [2.45, 2.75) is 25.9 Å². The van der Waals surface area contributed by atoms with Crippen molar-refractivity contribution >= 4 is 23.1 Å². The van der Waals surface area contributed by atoms with Crippen LogP contribution in [0.3, 0.4) is 0 Å². The Balaban J connectivity index is 0.000000379. The summed E-state index contributed by atoms with van der Waals surface area (Å²) in [5.41, 5.74) is 4.03. The number of oxazole rings is 1. The van der Waals surface area contributed by atoms with Crippen molar-refractivity contribution in [2.75, 3.05) is 20.1 Å². The second-order valence-electron chi connectivity index (χ2n) is 9.28. The lowest BCUT2D eigenvalue weighted by Gasteiger charge is -2.20. The third-order valence-electron chi connectivity index (χ3n) is 6.05. The summed E-state index contributed by atoms with van der Waals surface area (Å²) < 4.78 is 35.0. The van der Waals surface area contributed by atoms with Crippen LogP contribution in [0.2, 0.25) is 0 Å². The van der Waals surface area contributed by atoms with Crippen molar-refractivity contribution in [1.82, 2.24) is 15.2 Å². The van der Waals surface area contributed by atoms with Crippen molar-refractivity contribution in [2.24, 2.45) is 0 Å². The Hall–Kier alpha value is -4.78. The van der Waals surface area contributed by atoms with Gasteiger partial charge >= 0.3 is 6.09 Å². The number of alkyl carbamates (subject to hydrolysis) is 1. The Labute approximate surface area is 223 Å². The van der Waals surface area contributed by atoms with E-state index in [4.69, 9.17) is 9.15 Å². The van der Waals surface area contributed by atoms with Gasteiger partial charge < -0.3 is 19.4 Å². The maximum absolute atomic E-state index is 12.7. The molecule has 39 heavy (non-hydrogen) atoms. The molecule has 1 saturated heterocycles. The minimum Gasteiger partial charge on any atom is -0.442 e. The Morgan fingerprint density at radius 2 is 1.82 bits per heavy atom. The van der Waals surface area contributed by atoms with Crippen LogP contribution in [0.25, 0.3) is 22.6 Å². The first kappa shape index (κ1) is 27.3. The number of aromatic nitrogens is 1. The van der Waals surface area contributed by atoms with Gasteiger partial charge in [-0.25, -0.2) is 18.6 Å². The first-order chi connectivity index (χ1) is 18.7. The van der Waals surface area contributed by atoms with Crippen molar-refractivity contribution in [3.05, 3.63) is 89.0 Å². The van der Waals surface area contributed by atoms with Crippen molar-refractivity contribution < 1.29 is 27.5 Å². The number of ether oxygens (including phenoxy) is 1. The van der Waals surface area contributed by atoms with Gasteiger partial charge in [-0.2, -0.15) is 5.26 Å². The quantitative estimate of drug-likeness (QED) is 0.357. The molecular weight excluding hydrogens is 506 g/mol. The standard InChI is InChI=1S/C23H22N4O4.C6H4F2/c1-13(2)18-8-14(10-24)9-19-20(18)31-21(26-19)15-4-6-16(7-5-15)22(28)27(3)12-17-11-25-23(29)30-17;7-5-3-1-2-4-6(5)8/h4-9,13,17H,11-12H2,1-3H3,(H,25,29);1-4H. The molecule has 1 fully saturated rings. The molecule has 2 heterocycles. The third-order valence-corrected chi connectivity index (χ3v) is 6.05. The summed E-state index contributed by atoms with van der Waals surface area (Å²) in [4.78, 5) is 29.9. The number of hydrogen-bond acceptors (Lipinski definition) is 6. The number of likely N-dealkylation sites (N-methyl/N-ethyl adjacent to an activating group) is 1. The molecule has 1 aliphatic rings. The van der Waals surface area contributed by atoms with Gasteiger partial charge in [0.15, 0.2) is 17.2 Å². The Kier molecular flexibility index (Phi) is 8.20. The summed E-state index contributed by atoms with van der Waals surface area (Å²) in [7, 11) is 1.67. The normalized spacial score (nSPS) is 14.3. The van der Waals surface area contributed by atoms with Crippen LogP contribution in [0, 0.1) is 23.0 Å². The van der Waals surface area contributed by atoms with Crippen molar-refractivity contribution in [1.29, 1.82) is 5.26 Å². The van der Waals surface area contributed by atoms with Crippen LogP contribution in [0.5, 0.6) is 0 Å². The number of carbonyl (C=O) groups excluding carboxylic acids is 2. The third kappa shape index (κ3) is 6.38. The van der Waals surface area contributed by atoms with E-state index in [1.165, 1.54) is 17.0 Å². The van der Waals surface area contributed by atoms with Crippen LogP contribution >= 0.6 is 0 Å². The maximum Gasteiger partial charge on any atom is 0.407 e. The molecule has 2 amide bonds. The largest absolute Gasteiger partial charge is 0.442 e. The highest BCUT2D eigenvalue weighted by atomic mass is 19.2. The van der Waals surface area contributed by atoms with E-state index in [2.05, 4.69) is 16.4 Å². The van der Waals surface area contributed by atoms with Crippen molar-refractivity contribution in [3.8, 4) is 17.5 Å². The van der Waals surface area contributed by atoms with Gasteiger partial charge in [-0.1, -0.05) is 26.0 Å². The molecule has 1 N–H and O–H groups in total. The number of cyclic esters (lactones) is 1. The van der Waals surface area contributed by atoms with Gasteiger partial charge in [-0.15, -0.1) is 0 Å². The number of nitriles is 1. The number of rotatable bonds is 5. The molecule has 0 radical (unpaired) electrons. The zero-order valence-corrected chi connectivity index (χ0v) is 21.6. The van der Waals surface area contributed by atoms with Gasteiger partial charge in [0.2, 0.25) is 5.89 Å². The zero-order valence-electron chi connectivity index (χ0n) is 21.6. The lowest BCUT2D eigenvalue weighted by Crippen LogP contribution is -2.35. The Bertz CT molecular complexity index is 1520. The van der Waals surface area contributed by atoms with E-state index in [0.717, 1.165) is 23.3 Å². The van der Waals surface area contributed by atoms with E-state index in [1.54, 1.807) is 37.4 Å². The maximum atomic E-state index is 12.7. The number of amides is 2. The average molecular weight is 533 g/mol. The summed E-state index contributed by atoms with van der Waals surface area (Å²) in [6, 6.07) is 17.7. The number of nitrogens with one attached hydrogen (secondary N) is 1. The number of nitrogens with zero attached hydrogens (tertiary/aromatic N) is 3. The van der Waals surface area contributed by atoms with Crippen LogP contribution in [0.15, 0.2) is 65.1 Å². The molecule has 1 aliphatic heterocycles. The van der Waals surface area contributed by atoms with Gasteiger partial charge in [0.25, 0.3) is 5.91 Å². The first-order valence-electron chi connectivity index (χ1n) is 12.2. The summed E-state index contributed by atoms with van der Waals surface area (Å²) >= 11 is 0. The highest BCUT2D eigenvalue weighted by Gasteiger charge is 2.26. The summed E-state index contributed by atoms with van der Waals surface area (Å²) in [5, 5.41) is 11.9. The number of hydrogen-bond donors (Lipinski definition) is 1. The number of benzene rings is 3. The molecule has 5 rings (SSSR count). The average Bonchev–Trinajstić information content (AvgIpc) is 3.55. The van der Waals surface area contributed by atoms with E-state index >= 15 is 0 Å². The van der Waals surface area contributed by atoms with Crippen LogP contribution in [-0.4, -0.2) is 48.1 Å². The van der Waals surface area contributed by atoms with Gasteiger partial charge in [-0.3, -0.25) is 4.79 Å². The van der Waals surface area contributed by atoms with E-state index < -0.39 is 17.7 Å². The molecule has 0 aliphatic carbocycles. The predicted molar refractivity (Wildman–Crippen MR) is 140 cm³/mol. The molecule has 200 valence electrons. The van der Waals surface area contributed by atoms with Gasteiger partial charge in [0.05, 0.1) is 24.7 Å². The first-order valence-corrected chi connectivity index (χ1v) is 12.2. The number of carbonyl (C=O) groups is 2. The molecule has 1 aromatic heterocycles. The minimum absolute atomic E-state index is 0.173. The zero-order chi connectivity index (χ0) is 28.1. The fourth-order valence-electron chi connectivity index (χ4n) is 4.01. The van der Waals surface area contributed by atoms with Crippen LogP contribution in [0.1, 0.15) is 41.3 Å². The molecular formula is C29H26F2N4O4. The van der Waals surface area contributed by atoms with E-state index in [9.17, 15) is 23.6 Å². The Morgan fingerprint density at radius 1 is 1.15 bits per heavy atom. The molecule has 0 saturated carbocycles. The second-order valence-corrected chi connectivity index (χ2v) is 9.28. The molecule has 10 heteroatoms. The van der Waals surface area contributed by atoms with Gasteiger partial charge in [-0.05, 0) is 54.4 Å². The molecule has 1 unspecified atom stereocenters. The molecule has 1 atom stereocenters. The molecule has 3 aromatic carbocycles. The summed E-state index contributed by atoms with van der Waals surface area (Å²) in [6.45, 7) is 4.78. The van der Waals surface area contributed by atoms with Gasteiger partial charge in [0.1, 0.15) is 11.6 Å². The van der Waals surface area contributed by atoms with E-state index in [1.807, 2.05) is 19.9 Å². The fourth-order valence-corrected chi connectivity index (χ4v) is 4.01. The SMILES string of the molecule is CC(C)c1cc(C#N)cc2nc(-c3ccc(C(=O)N(C)CC4CNC(=O)O4)cc3)oc12.Fc1ccccc1F. The lowest BCUT2D eigenvalue weighted by atomic mass is 10.00. The predicted octanol–water partition coefficient (Wildman–Crippen LogP) is 5.64. The van der Waals surface area contributed by atoms with E-state index in [-0.39, 0.29) is 17.9 Å². The minimum atomic E-state index is -0.799. The van der Waals surface area contributed by atoms with Crippen molar-refractivity contribution in [3.63, 3.8) is 0 Å².